The average molecular weight is 450 g/mol. The molecule has 0 spiro atoms. The van der Waals surface area contributed by atoms with Crippen LogP contribution in [0.1, 0.15) is 17.1 Å². The van der Waals surface area contributed by atoms with E-state index in [1.807, 2.05) is 0 Å². The van der Waals surface area contributed by atoms with Crippen molar-refractivity contribution in [2.45, 2.75) is 24.6 Å². The zero-order chi connectivity index (χ0) is 22.9. The van der Waals surface area contributed by atoms with Crippen molar-refractivity contribution >= 4 is 11.6 Å². The highest BCUT2D eigenvalue weighted by Crippen LogP contribution is 2.27. The second-order valence-corrected chi connectivity index (χ2v) is 7.57. The first-order valence-electron chi connectivity index (χ1n) is 9.50. The van der Waals surface area contributed by atoms with Gasteiger partial charge in [0.2, 0.25) is 5.91 Å². The number of carbonyl (C=O) groups is 1. The summed E-state index contributed by atoms with van der Waals surface area (Å²) in [5, 5.41) is 2.40. The van der Waals surface area contributed by atoms with Gasteiger partial charge in [-0.25, -0.2) is 19.3 Å². The molecule has 0 unspecified atom stereocenters. The number of alkyl halides is 3. The molecule has 0 bridgehead atoms. The Balaban J connectivity index is 1.41. The highest BCUT2D eigenvalue weighted by molar-refractivity contribution is 5.91. The molecule has 1 saturated heterocycles. The minimum atomic E-state index is -4.61. The van der Waals surface area contributed by atoms with E-state index >= 15 is 0 Å². The van der Waals surface area contributed by atoms with E-state index in [9.17, 15) is 22.4 Å². The van der Waals surface area contributed by atoms with Gasteiger partial charge in [0, 0.05) is 18.7 Å². The number of imidazole rings is 1. The number of amides is 1. The summed E-state index contributed by atoms with van der Waals surface area (Å²) in [4.78, 5) is 23.8. The summed E-state index contributed by atoms with van der Waals surface area (Å²) in [5.41, 5.74) is 5.17. The number of carbonyl (C=O) groups excluding carboxylic acids is 1. The van der Waals surface area contributed by atoms with Crippen LogP contribution in [-0.2, 0) is 28.5 Å². The predicted molar refractivity (Wildman–Crippen MR) is 104 cm³/mol. The van der Waals surface area contributed by atoms with Crippen molar-refractivity contribution in [1.29, 1.82) is 0 Å². The number of rotatable bonds is 6. The van der Waals surface area contributed by atoms with Crippen molar-refractivity contribution in [2.75, 3.05) is 18.5 Å². The summed E-state index contributed by atoms with van der Waals surface area (Å²) < 4.78 is 59.3. The Hall–Kier alpha value is -3.38. The fourth-order valence-electron chi connectivity index (χ4n) is 3.19. The molecule has 0 saturated carbocycles. The number of anilines is 1. The lowest BCUT2D eigenvalue weighted by Gasteiger charge is -2.37. The summed E-state index contributed by atoms with van der Waals surface area (Å²) in [5.74, 6) is -1.41. The van der Waals surface area contributed by atoms with E-state index in [-0.39, 0.29) is 17.2 Å². The SMILES string of the molecule is NC1(Cc2cn(-c3ncc(NC(=O)Cc4cccc(C(F)(F)F)n4)cc3F)cn2)COC1. The first-order chi connectivity index (χ1) is 15.1. The van der Waals surface area contributed by atoms with Crippen LogP contribution in [0, 0.1) is 5.82 Å². The lowest BCUT2D eigenvalue weighted by atomic mass is 9.93. The van der Waals surface area contributed by atoms with E-state index in [1.54, 1.807) is 6.20 Å². The highest BCUT2D eigenvalue weighted by Gasteiger charge is 2.35. The molecule has 0 radical (unpaired) electrons. The molecule has 4 heterocycles. The predicted octanol–water partition coefficient (Wildman–Crippen LogP) is 2.27. The molecule has 3 N–H and O–H groups in total. The summed E-state index contributed by atoms with van der Waals surface area (Å²) in [6.07, 6.45) is -0.308. The molecule has 0 atom stereocenters. The van der Waals surface area contributed by atoms with Crippen molar-refractivity contribution in [1.82, 2.24) is 19.5 Å². The summed E-state index contributed by atoms with van der Waals surface area (Å²) in [7, 11) is 0. The Morgan fingerprint density at radius 1 is 1.25 bits per heavy atom. The molecule has 3 aromatic heterocycles. The van der Waals surface area contributed by atoms with Crippen LogP contribution in [0.4, 0.5) is 23.2 Å². The largest absolute Gasteiger partial charge is 0.433 e. The van der Waals surface area contributed by atoms with Crippen LogP contribution in [0.3, 0.4) is 0 Å². The Kier molecular flexibility index (Phi) is 5.65. The molecule has 8 nitrogen and oxygen atoms in total. The number of nitrogens with one attached hydrogen (secondary N) is 1. The molecule has 12 heteroatoms. The molecular formula is C20H18F4N6O2. The summed E-state index contributed by atoms with van der Waals surface area (Å²) in [6.45, 7) is 0.855. The number of hydrogen-bond donors (Lipinski definition) is 2. The number of nitrogens with zero attached hydrogens (tertiary/aromatic N) is 4. The molecule has 1 aliphatic heterocycles. The van der Waals surface area contributed by atoms with E-state index < -0.39 is 35.6 Å². The normalized spacial score (nSPS) is 15.3. The zero-order valence-electron chi connectivity index (χ0n) is 16.6. The number of ether oxygens (including phenoxy) is 1. The summed E-state index contributed by atoms with van der Waals surface area (Å²) in [6, 6.07) is 4.34. The van der Waals surface area contributed by atoms with Gasteiger partial charge in [0.05, 0.1) is 48.4 Å². The molecule has 1 aliphatic rings. The monoisotopic (exact) mass is 450 g/mol. The molecule has 168 valence electrons. The van der Waals surface area contributed by atoms with E-state index in [2.05, 4.69) is 20.3 Å². The molecule has 0 aromatic carbocycles. The Morgan fingerprint density at radius 3 is 2.69 bits per heavy atom. The minimum Gasteiger partial charge on any atom is -0.377 e. The maximum absolute atomic E-state index is 14.6. The quantitative estimate of drug-likeness (QED) is 0.558. The van der Waals surface area contributed by atoms with E-state index in [1.165, 1.54) is 29.2 Å². The summed E-state index contributed by atoms with van der Waals surface area (Å²) >= 11 is 0. The fraction of sp³-hybridized carbons (Fsp3) is 0.300. The fourth-order valence-corrected chi connectivity index (χ4v) is 3.19. The number of hydrogen-bond acceptors (Lipinski definition) is 6. The second kappa shape index (κ2) is 8.28. The van der Waals surface area contributed by atoms with Crippen molar-refractivity contribution in [3.8, 4) is 5.82 Å². The number of halogens is 4. The molecular weight excluding hydrogens is 432 g/mol. The van der Waals surface area contributed by atoms with Gasteiger partial charge in [-0.2, -0.15) is 13.2 Å². The van der Waals surface area contributed by atoms with Crippen LogP contribution in [0.15, 0.2) is 43.0 Å². The van der Waals surface area contributed by atoms with Gasteiger partial charge in [0.25, 0.3) is 0 Å². The minimum absolute atomic E-state index is 0.0303. The third kappa shape index (κ3) is 4.92. The third-order valence-electron chi connectivity index (χ3n) is 4.74. The van der Waals surface area contributed by atoms with Gasteiger partial charge in [0.1, 0.15) is 12.0 Å². The van der Waals surface area contributed by atoms with Gasteiger partial charge >= 0.3 is 6.18 Å². The van der Waals surface area contributed by atoms with Crippen LogP contribution >= 0.6 is 0 Å². The van der Waals surface area contributed by atoms with E-state index in [0.29, 0.717) is 25.3 Å². The van der Waals surface area contributed by atoms with Crippen LogP contribution in [0.5, 0.6) is 0 Å². The Bertz CT molecular complexity index is 1140. The standard InChI is InChI=1S/C20H18F4N6O2/c21-15-4-13(29-17(31)5-12-2-1-3-16(28-12)20(22,23)24)7-26-18(15)30-8-14(27-11-30)6-19(25)9-32-10-19/h1-4,7-8,11H,5-6,9-10,25H2,(H,29,31). The number of nitrogens with two attached hydrogens (primary N) is 1. The van der Waals surface area contributed by atoms with E-state index in [4.69, 9.17) is 10.5 Å². The van der Waals surface area contributed by atoms with Crippen molar-refractivity contribution < 1.29 is 27.1 Å². The molecule has 32 heavy (non-hydrogen) atoms. The smallest absolute Gasteiger partial charge is 0.377 e. The van der Waals surface area contributed by atoms with Gasteiger partial charge in [0.15, 0.2) is 11.6 Å². The second-order valence-electron chi connectivity index (χ2n) is 7.57. The van der Waals surface area contributed by atoms with Crippen molar-refractivity contribution in [3.05, 3.63) is 65.9 Å². The molecule has 4 rings (SSSR count). The first-order valence-corrected chi connectivity index (χ1v) is 9.50. The van der Waals surface area contributed by atoms with Gasteiger partial charge in [-0.15, -0.1) is 0 Å². The van der Waals surface area contributed by atoms with Crippen LogP contribution < -0.4 is 11.1 Å². The lowest BCUT2D eigenvalue weighted by Crippen LogP contribution is -2.58. The van der Waals surface area contributed by atoms with Crippen LogP contribution in [0.25, 0.3) is 5.82 Å². The maximum Gasteiger partial charge on any atom is 0.433 e. The van der Waals surface area contributed by atoms with Crippen molar-refractivity contribution in [3.63, 3.8) is 0 Å². The maximum atomic E-state index is 14.6. The Labute approximate surface area is 179 Å². The van der Waals surface area contributed by atoms with Gasteiger partial charge in [-0.05, 0) is 12.1 Å². The lowest BCUT2D eigenvalue weighted by molar-refractivity contribution is -0.141. The number of pyridine rings is 2. The van der Waals surface area contributed by atoms with Crippen LogP contribution in [-0.4, -0.2) is 44.2 Å². The van der Waals surface area contributed by atoms with Gasteiger partial charge in [-0.3, -0.25) is 9.36 Å². The van der Waals surface area contributed by atoms with Crippen molar-refractivity contribution in [2.24, 2.45) is 5.73 Å². The van der Waals surface area contributed by atoms with Crippen LogP contribution in [0.2, 0.25) is 0 Å². The molecule has 0 aliphatic carbocycles. The molecule has 1 amide bonds. The van der Waals surface area contributed by atoms with E-state index in [0.717, 1.165) is 12.1 Å². The highest BCUT2D eigenvalue weighted by atomic mass is 19.4. The van der Waals surface area contributed by atoms with Gasteiger partial charge in [-0.1, -0.05) is 6.07 Å². The molecule has 1 fully saturated rings. The molecule has 3 aromatic rings. The Morgan fingerprint density at radius 2 is 2.03 bits per heavy atom. The van der Waals surface area contributed by atoms with Gasteiger partial charge < -0.3 is 15.8 Å². The third-order valence-corrected chi connectivity index (χ3v) is 4.74. The number of aromatic nitrogens is 4. The topological polar surface area (TPSA) is 108 Å². The first kappa shape index (κ1) is 21.8. The zero-order valence-corrected chi connectivity index (χ0v) is 16.6. The average Bonchev–Trinajstić information content (AvgIpc) is 3.14.